The highest BCUT2D eigenvalue weighted by Crippen LogP contribution is 2.34. The number of para-hydroxylation sites is 1. The molecule has 0 aliphatic heterocycles. The van der Waals surface area contributed by atoms with Crippen molar-refractivity contribution in [3.05, 3.63) is 51.9 Å². The maximum absolute atomic E-state index is 13.1. The second-order valence-corrected chi connectivity index (χ2v) is 10.9. The van der Waals surface area contributed by atoms with Gasteiger partial charge in [-0.3, -0.25) is 0 Å². The van der Waals surface area contributed by atoms with Crippen LogP contribution in [0, 0.1) is 0 Å². The van der Waals surface area contributed by atoms with Crippen molar-refractivity contribution >= 4 is 60.0 Å². The van der Waals surface area contributed by atoms with Gasteiger partial charge in [-0.15, -0.1) is 23.1 Å². The monoisotopic (exact) mass is 496 g/mol. The summed E-state index contributed by atoms with van der Waals surface area (Å²) in [6.07, 6.45) is -4.55. The molecule has 0 saturated heterocycles. The van der Waals surface area contributed by atoms with Crippen LogP contribution in [0.4, 0.5) is 13.2 Å². The second kappa shape index (κ2) is 8.08. The van der Waals surface area contributed by atoms with Crippen LogP contribution in [0.25, 0.3) is 10.9 Å². The Hall–Kier alpha value is -1.14. The van der Waals surface area contributed by atoms with Gasteiger partial charge in [0.25, 0.3) is 0 Å². The molecule has 3 rings (SSSR count). The van der Waals surface area contributed by atoms with Gasteiger partial charge >= 0.3 is 6.18 Å². The van der Waals surface area contributed by atoms with Crippen LogP contribution in [0.3, 0.4) is 0 Å². The summed E-state index contributed by atoms with van der Waals surface area (Å²) >= 11 is 5.44. The molecule has 0 aliphatic rings. The molecule has 0 saturated carbocycles. The van der Waals surface area contributed by atoms with Crippen LogP contribution in [0.1, 0.15) is 5.69 Å². The topological polar surface area (TPSA) is 59.1 Å². The minimum Gasteiger partial charge on any atom is -0.243 e. The van der Waals surface area contributed by atoms with Crippen molar-refractivity contribution < 1.29 is 21.6 Å². The zero-order chi connectivity index (χ0) is 19.7. The number of pyridine rings is 1. The summed E-state index contributed by atoms with van der Waals surface area (Å²) in [7, 11) is -3.63. The fraction of sp³-hybridized carbons (Fsp3) is 0.188. The number of nitrogens with one attached hydrogen (secondary N) is 1. The molecule has 1 aromatic carbocycles. The maximum atomic E-state index is 13.1. The summed E-state index contributed by atoms with van der Waals surface area (Å²) in [6, 6.07) is 10.7. The number of alkyl halides is 3. The first-order valence-corrected chi connectivity index (χ1v) is 11.6. The van der Waals surface area contributed by atoms with E-state index in [9.17, 15) is 21.6 Å². The Morgan fingerprint density at radius 1 is 1.19 bits per heavy atom. The Morgan fingerprint density at radius 3 is 2.59 bits per heavy atom. The number of thioether (sulfide) groups is 1. The molecule has 11 heteroatoms. The summed E-state index contributed by atoms with van der Waals surface area (Å²) in [6.45, 7) is 0.0838. The Labute approximate surface area is 170 Å². The number of aromatic nitrogens is 1. The van der Waals surface area contributed by atoms with Crippen LogP contribution >= 0.6 is 39.0 Å². The van der Waals surface area contributed by atoms with Crippen molar-refractivity contribution in [2.75, 3.05) is 12.3 Å². The number of benzene rings is 1. The molecule has 0 unspecified atom stereocenters. The third-order valence-electron chi connectivity index (χ3n) is 3.43. The number of nitrogens with zero attached hydrogens (tertiary/aromatic N) is 1. The van der Waals surface area contributed by atoms with Crippen molar-refractivity contribution in [1.82, 2.24) is 9.71 Å². The van der Waals surface area contributed by atoms with Crippen LogP contribution in [-0.4, -0.2) is 25.7 Å². The van der Waals surface area contributed by atoms with E-state index in [0.29, 0.717) is 14.1 Å². The molecule has 2 aromatic heterocycles. The summed E-state index contributed by atoms with van der Waals surface area (Å²) in [5.41, 5.74) is -0.716. The minimum absolute atomic E-state index is 0.0838. The quantitative estimate of drug-likeness (QED) is 0.378. The van der Waals surface area contributed by atoms with Gasteiger partial charge in [-0.05, 0) is 40.2 Å². The number of sulfonamides is 1. The third kappa shape index (κ3) is 5.02. The van der Waals surface area contributed by atoms with Crippen molar-refractivity contribution in [1.29, 1.82) is 0 Å². The lowest BCUT2D eigenvalue weighted by molar-refractivity contribution is -0.141. The Morgan fingerprint density at radius 2 is 1.93 bits per heavy atom. The van der Waals surface area contributed by atoms with E-state index in [1.54, 1.807) is 24.3 Å². The zero-order valence-electron chi connectivity index (χ0n) is 13.5. The number of hydrogen-bond donors (Lipinski definition) is 1. The van der Waals surface area contributed by atoms with Crippen LogP contribution in [0.15, 0.2) is 55.4 Å². The van der Waals surface area contributed by atoms with Gasteiger partial charge in [-0.25, -0.2) is 18.1 Å². The van der Waals surface area contributed by atoms with Gasteiger partial charge < -0.3 is 0 Å². The van der Waals surface area contributed by atoms with Gasteiger partial charge in [0.15, 0.2) is 0 Å². The predicted molar refractivity (Wildman–Crippen MR) is 105 cm³/mol. The molecule has 0 amide bonds. The van der Waals surface area contributed by atoms with Gasteiger partial charge in [0.05, 0.1) is 9.30 Å². The lowest BCUT2D eigenvalue weighted by Gasteiger charge is -2.11. The summed E-state index contributed by atoms with van der Waals surface area (Å²) in [4.78, 5) is 4.07. The number of halogens is 4. The fourth-order valence-electron chi connectivity index (χ4n) is 2.26. The van der Waals surface area contributed by atoms with E-state index >= 15 is 0 Å². The van der Waals surface area contributed by atoms with Gasteiger partial charge in [0.1, 0.15) is 9.90 Å². The summed E-state index contributed by atoms with van der Waals surface area (Å²) < 4.78 is 66.8. The average molecular weight is 497 g/mol. The molecule has 3 aromatic rings. The number of thiophene rings is 1. The highest BCUT2D eigenvalue weighted by Gasteiger charge is 2.33. The first-order chi connectivity index (χ1) is 12.7. The molecule has 0 radical (unpaired) electrons. The normalized spacial score (nSPS) is 12.6. The van der Waals surface area contributed by atoms with Gasteiger partial charge in [-0.1, -0.05) is 18.2 Å². The summed E-state index contributed by atoms with van der Waals surface area (Å²) in [5, 5.41) is 0.598. The molecule has 0 aliphatic carbocycles. The second-order valence-electron chi connectivity index (χ2n) is 5.33. The molecule has 4 nitrogen and oxygen atoms in total. The predicted octanol–water partition coefficient (Wildman–Crippen LogP) is 5.15. The first kappa shape index (κ1) is 20.6. The molecular weight excluding hydrogens is 485 g/mol. The van der Waals surface area contributed by atoms with E-state index < -0.39 is 21.9 Å². The molecule has 144 valence electrons. The van der Waals surface area contributed by atoms with Crippen molar-refractivity contribution in [2.45, 2.75) is 15.3 Å². The fourth-order valence-corrected chi connectivity index (χ4v) is 6.42. The van der Waals surface area contributed by atoms with Crippen molar-refractivity contribution in [3.8, 4) is 0 Å². The lowest BCUT2D eigenvalue weighted by Crippen LogP contribution is -2.25. The summed E-state index contributed by atoms with van der Waals surface area (Å²) in [5.74, 6) is 0.275. The molecule has 2 heterocycles. The van der Waals surface area contributed by atoms with E-state index in [-0.39, 0.29) is 22.0 Å². The molecule has 27 heavy (non-hydrogen) atoms. The standard InChI is InChI=1S/C16H12BrF3N2O2S3/c17-14-5-6-15(26-14)27(23,24)21-7-8-25-12-9-13(16(18,19)20)22-11-4-2-1-3-10(11)12/h1-6,9,21H,7-8H2. The van der Waals surface area contributed by atoms with Crippen molar-refractivity contribution in [2.24, 2.45) is 0 Å². The SMILES string of the molecule is O=S(=O)(NCCSc1cc(C(F)(F)F)nc2ccccc12)c1ccc(Br)s1. The average Bonchev–Trinajstić information content (AvgIpc) is 3.05. The van der Waals surface area contributed by atoms with E-state index in [0.717, 1.165) is 29.2 Å². The van der Waals surface area contributed by atoms with Gasteiger partial charge in [0.2, 0.25) is 10.0 Å². The number of rotatable bonds is 6. The molecule has 0 fully saturated rings. The minimum atomic E-state index is -4.55. The molecule has 0 atom stereocenters. The first-order valence-electron chi connectivity index (χ1n) is 7.51. The van der Waals surface area contributed by atoms with Crippen LogP contribution in [0.2, 0.25) is 0 Å². The molecule has 0 bridgehead atoms. The van der Waals surface area contributed by atoms with E-state index in [1.165, 1.54) is 12.1 Å². The smallest absolute Gasteiger partial charge is 0.243 e. The van der Waals surface area contributed by atoms with E-state index in [1.807, 2.05) is 0 Å². The molecule has 0 spiro atoms. The van der Waals surface area contributed by atoms with Crippen molar-refractivity contribution in [3.63, 3.8) is 0 Å². The van der Waals surface area contributed by atoms with E-state index in [2.05, 4.69) is 25.6 Å². The maximum Gasteiger partial charge on any atom is 0.433 e. The van der Waals surface area contributed by atoms with E-state index in [4.69, 9.17) is 0 Å². The highest BCUT2D eigenvalue weighted by molar-refractivity contribution is 9.11. The number of fused-ring (bicyclic) bond motifs is 1. The Balaban J connectivity index is 1.73. The zero-order valence-corrected chi connectivity index (χ0v) is 17.5. The van der Waals surface area contributed by atoms with Crippen LogP contribution in [0.5, 0.6) is 0 Å². The van der Waals surface area contributed by atoms with Gasteiger partial charge in [-0.2, -0.15) is 13.2 Å². The third-order valence-corrected chi connectivity index (χ3v) is 8.07. The number of hydrogen-bond acceptors (Lipinski definition) is 5. The Kier molecular flexibility index (Phi) is 6.16. The molecule has 1 N–H and O–H groups in total. The van der Waals surface area contributed by atoms with Crippen LogP contribution in [-0.2, 0) is 16.2 Å². The molecular formula is C16H12BrF3N2O2S3. The van der Waals surface area contributed by atoms with Crippen LogP contribution < -0.4 is 4.72 Å². The van der Waals surface area contributed by atoms with Gasteiger partial charge in [0, 0.05) is 22.6 Å². The largest absolute Gasteiger partial charge is 0.433 e. The highest BCUT2D eigenvalue weighted by atomic mass is 79.9. The lowest BCUT2D eigenvalue weighted by atomic mass is 10.2. The Bertz CT molecular complexity index is 1070.